The molecule has 0 unspecified atom stereocenters. The number of nitrogens with one attached hydrogen (secondary N) is 2. The number of phenols is 1. The van der Waals surface area contributed by atoms with Gasteiger partial charge < -0.3 is 9.84 Å². The number of benzene rings is 2. The molecule has 7 nitrogen and oxygen atoms in total. The number of methoxy groups -OCH3 is 1. The molecule has 2 aromatic carbocycles. The summed E-state index contributed by atoms with van der Waals surface area (Å²) in [6.45, 7) is 2.01. The van der Waals surface area contributed by atoms with Crippen LogP contribution >= 0.6 is 0 Å². The van der Waals surface area contributed by atoms with Crippen LogP contribution in [-0.2, 0) is 0 Å². The summed E-state index contributed by atoms with van der Waals surface area (Å²) < 4.78 is 5.02. The van der Waals surface area contributed by atoms with E-state index in [0.717, 1.165) is 11.1 Å². The van der Waals surface area contributed by atoms with Gasteiger partial charge in [-0.25, -0.2) is 5.43 Å². The number of aryl methyl sites for hydroxylation is 1. The minimum atomic E-state index is -0.436. The molecule has 3 N–H and O–H groups in total. The summed E-state index contributed by atoms with van der Waals surface area (Å²) in [5.41, 5.74) is 5.84. The second kappa shape index (κ2) is 7.52. The maximum atomic E-state index is 12.2. The van der Waals surface area contributed by atoms with Gasteiger partial charge in [0.25, 0.3) is 5.91 Å². The van der Waals surface area contributed by atoms with Gasteiger partial charge in [-0.1, -0.05) is 35.9 Å². The number of aromatic amines is 1. The van der Waals surface area contributed by atoms with Crippen molar-refractivity contribution in [3.63, 3.8) is 0 Å². The average molecular weight is 350 g/mol. The summed E-state index contributed by atoms with van der Waals surface area (Å²) in [6.07, 6.45) is 1.34. The number of amides is 1. The molecule has 0 atom stereocenters. The number of hydrogen-bond donors (Lipinski definition) is 3. The third-order valence-corrected chi connectivity index (χ3v) is 3.79. The number of phenolic OH excluding ortho intramolecular Hbond substituents is 1. The van der Waals surface area contributed by atoms with Crippen molar-refractivity contribution in [2.24, 2.45) is 5.10 Å². The van der Waals surface area contributed by atoms with Gasteiger partial charge >= 0.3 is 0 Å². The van der Waals surface area contributed by atoms with E-state index >= 15 is 0 Å². The lowest BCUT2D eigenvalue weighted by Crippen LogP contribution is -2.18. The van der Waals surface area contributed by atoms with Crippen LogP contribution < -0.4 is 10.2 Å². The molecule has 3 rings (SSSR count). The second-order valence-corrected chi connectivity index (χ2v) is 5.63. The normalized spacial score (nSPS) is 10.8. The molecule has 1 amide bonds. The first-order valence-electron chi connectivity index (χ1n) is 7.90. The van der Waals surface area contributed by atoms with E-state index in [2.05, 4.69) is 20.7 Å². The van der Waals surface area contributed by atoms with E-state index in [-0.39, 0.29) is 11.4 Å². The standard InChI is InChI=1S/C19H18N4O3/c1-12-6-8-13(9-7-12)15-10-16(22-21-15)19(25)23-20-11-14-4-3-5-17(26-2)18(14)24/h3-11,24H,1-2H3,(H,21,22)(H,23,25)/b20-11-. The molecule has 1 aromatic heterocycles. The SMILES string of the molecule is COc1cccc(/C=N\NC(=O)c2cc(-c3ccc(C)cc3)n[nH]2)c1O. The smallest absolute Gasteiger partial charge is 0.289 e. The third-order valence-electron chi connectivity index (χ3n) is 3.79. The van der Waals surface area contributed by atoms with Crippen LogP contribution in [0.5, 0.6) is 11.5 Å². The zero-order valence-electron chi connectivity index (χ0n) is 14.4. The van der Waals surface area contributed by atoms with Gasteiger partial charge in [-0.15, -0.1) is 0 Å². The number of rotatable bonds is 5. The fraction of sp³-hybridized carbons (Fsp3) is 0.105. The summed E-state index contributed by atoms with van der Waals surface area (Å²) in [7, 11) is 1.46. The number of nitrogens with zero attached hydrogens (tertiary/aromatic N) is 2. The molecule has 26 heavy (non-hydrogen) atoms. The molecule has 0 saturated heterocycles. The highest BCUT2D eigenvalue weighted by atomic mass is 16.5. The van der Waals surface area contributed by atoms with Crippen molar-refractivity contribution in [3.05, 3.63) is 65.4 Å². The topological polar surface area (TPSA) is 99.6 Å². The van der Waals surface area contributed by atoms with Crippen molar-refractivity contribution in [2.75, 3.05) is 7.11 Å². The Bertz CT molecular complexity index is 946. The van der Waals surface area contributed by atoms with Crippen molar-refractivity contribution in [1.82, 2.24) is 15.6 Å². The molecule has 0 aliphatic rings. The minimum absolute atomic E-state index is 0.0452. The van der Waals surface area contributed by atoms with Gasteiger partial charge in [-0.2, -0.15) is 10.2 Å². The zero-order chi connectivity index (χ0) is 18.5. The van der Waals surface area contributed by atoms with Crippen molar-refractivity contribution < 1.29 is 14.6 Å². The van der Waals surface area contributed by atoms with E-state index in [1.807, 2.05) is 31.2 Å². The first-order valence-corrected chi connectivity index (χ1v) is 7.90. The molecule has 132 valence electrons. The molecule has 0 bridgehead atoms. The lowest BCUT2D eigenvalue weighted by molar-refractivity contribution is 0.0950. The zero-order valence-corrected chi connectivity index (χ0v) is 14.4. The van der Waals surface area contributed by atoms with Crippen LogP contribution in [0.15, 0.2) is 53.6 Å². The Kier molecular flexibility index (Phi) is 4.98. The summed E-state index contributed by atoms with van der Waals surface area (Å²) in [4.78, 5) is 12.2. The number of aromatic hydroxyl groups is 1. The molecule has 0 fully saturated rings. The number of hydrogen-bond acceptors (Lipinski definition) is 5. The molecule has 7 heteroatoms. The minimum Gasteiger partial charge on any atom is -0.504 e. The quantitative estimate of drug-likeness (QED) is 0.487. The van der Waals surface area contributed by atoms with Crippen LogP contribution in [0.3, 0.4) is 0 Å². The molecule has 1 heterocycles. The number of H-pyrrole nitrogens is 1. The van der Waals surface area contributed by atoms with Crippen molar-refractivity contribution >= 4 is 12.1 Å². The maximum Gasteiger partial charge on any atom is 0.289 e. The molecule has 0 aliphatic heterocycles. The van der Waals surface area contributed by atoms with Gasteiger partial charge in [0.05, 0.1) is 19.0 Å². The van der Waals surface area contributed by atoms with Gasteiger partial charge in [-0.3, -0.25) is 9.89 Å². The summed E-state index contributed by atoms with van der Waals surface area (Å²) >= 11 is 0. The second-order valence-electron chi connectivity index (χ2n) is 5.63. The van der Waals surface area contributed by atoms with E-state index in [4.69, 9.17) is 4.74 Å². The monoisotopic (exact) mass is 350 g/mol. The molecule has 0 aliphatic carbocycles. The predicted molar refractivity (Wildman–Crippen MR) is 98.5 cm³/mol. The first-order chi connectivity index (χ1) is 12.6. The molecule has 0 radical (unpaired) electrons. The van der Waals surface area contributed by atoms with Crippen LogP contribution in [0.4, 0.5) is 0 Å². The molecular weight excluding hydrogens is 332 g/mol. The first kappa shape index (κ1) is 17.2. The number of aromatic nitrogens is 2. The number of carbonyl (C=O) groups excluding carboxylic acids is 1. The molecule has 0 spiro atoms. The molecular formula is C19H18N4O3. The summed E-state index contributed by atoms with van der Waals surface area (Å²) in [5, 5.41) is 20.7. The van der Waals surface area contributed by atoms with Crippen LogP contribution in [0.25, 0.3) is 11.3 Å². The van der Waals surface area contributed by atoms with Crippen LogP contribution in [-0.4, -0.2) is 34.5 Å². The number of ether oxygens (including phenoxy) is 1. The predicted octanol–water partition coefficient (Wildman–Crippen LogP) is 2.86. The average Bonchev–Trinajstić information content (AvgIpc) is 3.14. The van der Waals surface area contributed by atoms with Gasteiger partial charge in [0, 0.05) is 11.1 Å². The van der Waals surface area contributed by atoms with Gasteiger partial charge in [0.2, 0.25) is 0 Å². The number of hydrazone groups is 1. The van der Waals surface area contributed by atoms with E-state index in [1.54, 1.807) is 24.3 Å². The Hall–Kier alpha value is -3.61. The Morgan fingerprint density at radius 3 is 2.77 bits per heavy atom. The lowest BCUT2D eigenvalue weighted by Gasteiger charge is -2.04. The highest BCUT2D eigenvalue weighted by Gasteiger charge is 2.10. The largest absolute Gasteiger partial charge is 0.504 e. The van der Waals surface area contributed by atoms with Gasteiger partial charge in [0.1, 0.15) is 5.69 Å². The fourth-order valence-electron chi connectivity index (χ4n) is 2.34. The van der Waals surface area contributed by atoms with Crippen LogP contribution in [0.2, 0.25) is 0 Å². The van der Waals surface area contributed by atoms with Crippen molar-refractivity contribution in [2.45, 2.75) is 6.92 Å². The van der Waals surface area contributed by atoms with Crippen molar-refractivity contribution in [3.8, 4) is 22.8 Å². The van der Waals surface area contributed by atoms with E-state index in [0.29, 0.717) is 17.0 Å². The summed E-state index contributed by atoms with van der Waals surface area (Å²) in [6, 6.07) is 14.5. The Balaban J connectivity index is 1.68. The Morgan fingerprint density at radius 1 is 1.27 bits per heavy atom. The van der Waals surface area contributed by atoms with Gasteiger partial charge in [0.15, 0.2) is 11.5 Å². The highest BCUT2D eigenvalue weighted by molar-refractivity contribution is 5.94. The number of para-hydroxylation sites is 1. The third kappa shape index (κ3) is 3.72. The van der Waals surface area contributed by atoms with Crippen molar-refractivity contribution in [1.29, 1.82) is 0 Å². The number of carbonyl (C=O) groups is 1. The lowest BCUT2D eigenvalue weighted by atomic mass is 10.1. The van der Waals surface area contributed by atoms with E-state index in [9.17, 15) is 9.90 Å². The van der Waals surface area contributed by atoms with E-state index < -0.39 is 5.91 Å². The van der Waals surface area contributed by atoms with Gasteiger partial charge in [-0.05, 0) is 25.1 Å². The maximum absolute atomic E-state index is 12.2. The Morgan fingerprint density at radius 2 is 2.04 bits per heavy atom. The highest BCUT2D eigenvalue weighted by Crippen LogP contribution is 2.27. The Labute approximate surface area is 150 Å². The fourth-order valence-corrected chi connectivity index (χ4v) is 2.34. The van der Waals surface area contributed by atoms with Crippen LogP contribution in [0, 0.1) is 6.92 Å². The summed E-state index contributed by atoms with van der Waals surface area (Å²) in [5.74, 6) is -0.151. The molecule has 3 aromatic rings. The molecule has 0 saturated carbocycles. The van der Waals surface area contributed by atoms with E-state index in [1.165, 1.54) is 13.3 Å². The van der Waals surface area contributed by atoms with Crippen LogP contribution in [0.1, 0.15) is 21.6 Å².